The lowest BCUT2D eigenvalue weighted by molar-refractivity contribution is -0.136. The van der Waals surface area contributed by atoms with E-state index >= 15 is 0 Å². The van der Waals surface area contributed by atoms with Crippen LogP contribution in [0.5, 0.6) is 5.75 Å². The number of nitrogens with zero attached hydrogens (tertiary/aromatic N) is 2. The zero-order valence-electron chi connectivity index (χ0n) is 21.7. The molecule has 200 valence electrons. The van der Waals surface area contributed by atoms with Crippen LogP contribution in [0, 0.1) is 12.3 Å². The molecule has 2 saturated heterocycles. The monoisotopic (exact) mass is 518 g/mol. The molecular weight excluding hydrogens is 484 g/mol. The van der Waals surface area contributed by atoms with E-state index in [9.17, 15) is 9.59 Å². The van der Waals surface area contributed by atoms with Gasteiger partial charge in [0.15, 0.2) is 0 Å². The number of amides is 2. The van der Waals surface area contributed by atoms with Crippen LogP contribution in [-0.4, -0.2) is 57.5 Å². The quantitative estimate of drug-likeness (QED) is 0.393. The number of methoxy groups -OCH3 is 1. The van der Waals surface area contributed by atoms with E-state index in [1.165, 1.54) is 0 Å². The molecule has 2 aliphatic heterocycles. The number of ether oxygens (including phenoxy) is 1. The first-order chi connectivity index (χ1) is 18.4. The average Bonchev–Trinajstić information content (AvgIpc) is 3.62. The number of hydrogen-bond donors (Lipinski definition) is 3. The molecule has 0 radical (unpaired) electrons. The third kappa shape index (κ3) is 5.56. The molecule has 38 heavy (non-hydrogen) atoms. The molecule has 5 rings (SSSR count). The van der Waals surface area contributed by atoms with Gasteiger partial charge in [0.05, 0.1) is 31.0 Å². The summed E-state index contributed by atoms with van der Waals surface area (Å²) in [6.45, 7) is 2.12. The number of fused-ring (bicyclic) bond motifs is 2. The fourth-order valence-electron chi connectivity index (χ4n) is 5.94. The molecule has 0 unspecified atom stereocenters. The molecule has 0 spiro atoms. The van der Waals surface area contributed by atoms with Crippen molar-refractivity contribution in [3.8, 4) is 5.75 Å². The molecule has 3 aromatic rings. The third-order valence-electron chi connectivity index (χ3n) is 7.71. The minimum atomic E-state index is -0.646. The van der Waals surface area contributed by atoms with Crippen LogP contribution < -0.4 is 10.1 Å². The van der Waals surface area contributed by atoms with Crippen molar-refractivity contribution in [1.29, 1.82) is 0 Å². The van der Waals surface area contributed by atoms with Gasteiger partial charge >= 0.3 is 0 Å². The Hall–Kier alpha value is -4.14. The van der Waals surface area contributed by atoms with E-state index in [1.54, 1.807) is 13.4 Å². The Balaban J connectivity index is 0.00000107. The molecule has 3 atom stereocenters. The third-order valence-corrected chi connectivity index (χ3v) is 7.71. The normalized spacial score (nSPS) is 21.4. The molecule has 2 aliphatic rings. The van der Waals surface area contributed by atoms with Gasteiger partial charge in [-0.15, -0.1) is 0 Å². The molecule has 0 aliphatic carbocycles. The van der Waals surface area contributed by atoms with E-state index in [0.717, 1.165) is 41.1 Å². The van der Waals surface area contributed by atoms with Crippen molar-refractivity contribution in [1.82, 2.24) is 20.2 Å². The SMILES string of the molecule is COc1ccc(CNC(=O)[C@@]2(Cc3ccccc3)C[C@H]3CC[C@@H]2N3C(=O)Cc2nc[nH]c2C)cc1.O=CO. The second kappa shape index (κ2) is 11.9. The maximum atomic E-state index is 13.9. The van der Waals surface area contributed by atoms with E-state index in [2.05, 4.69) is 27.4 Å². The standard InChI is InChI=1S/C28H32N4O3.CH2O2/c1-19-24(31-18-30-19)14-26(33)32-22-10-13-25(32)28(16-22,15-20-6-4-3-5-7-20)27(34)29-17-21-8-11-23(35-2)12-9-21;2-1-3/h3-9,11-12,18,22,25H,10,13-17H2,1-2H3,(H,29,34)(H,30,31);1H,(H,2,3)/t22-,25+,28+;/m1./s1. The van der Waals surface area contributed by atoms with Crippen LogP contribution in [0.3, 0.4) is 0 Å². The second-order valence-electron chi connectivity index (χ2n) is 9.86. The van der Waals surface area contributed by atoms with Gasteiger partial charge in [-0.2, -0.15) is 0 Å². The number of aromatic nitrogens is 2. The van der Waals surface area contributed by atoms with Crippen molar-refractivity contribution < 1.29 is 24.2 Å². The highest BCUT2D eigenvalue weighted by Gasteiger charge is 2.60. The summed E-state index contributed by atoms with van der Waals surface area (Å²) in [6, 6.07) is 17.8. The predicted molar refractivity (Wildman–Crippen MR) is 141 cm³/mol. The first kappa shape index (κ1) is 26.9. The van der Waals surface area contributed by atoms with Gasteiger partial charge in [0.25, 0.3) is 6.47 Å². The van der Waals surface area contributed by atoms with Crippen LogP contribution in [0.1, 0.15) is 41.8 Å². The zero-order chi connectivity index (χ0) is 27.1. The number of benzene rings is 2. The van der Waals surface area contributed by atoms with Gasteiger partial charge in [-0.1, -0.05) is 42.5 Å². The molecule has 2 amide bonds. The van der Waals surface area contributed by atoms with Gasteiger partial charge in [-0.25, -0.2) is 4.98 Å². The summed E-state index contributed by atoms with van der Waals surface area (Å²) in [6.07, 6.45) is 4.98. The molecule has 2 aromatic carbocycles. The van der Waals surface area contributed by atoms with Crippen LogP contribution in [-0.2, 0) is 33.8 Å². The van der Waals surface area contributed by atoms with E-state index in [-0.39, 0.29) is 36.8 Å². The van der Waals surface area contributed by atoms with Gasteiger partial charge < -0.3 is 25.0 Å². The van der Waals surface area contributed by atoms with Gasteiger partial charge in [-0.3, -0.25) is 14.4 Å². The number of carboxylic acid groups (broad SMARTS) is 1. The number of carbonyl (C=O) groups is 3. The summed E-state index contributed by atoms with van der Waals surface area (Å²) in [5.41, 5.74) is 3.18. The minimum Gasteiger partial charge on any atom is -0.497 e. The maximum absolute atomic E-state index is 13.9. The lowest BCUT2D eigenvalue weighted by atomic mass is 9.69. The van der Waals surface area contributed by atoms with E-state index in [4.69, 9.17) is 14.6 Å². The zero-order valence-corrected chi connectivity index (χ0v) is 21.7. The smallest absolute Gasteiger partial charge is 0.290 e. The van der Waals surface area contributed by atoms with Gasteiger partial charge in [0.2, 0.25) is 11.8 Å². The Morgan fingerprint density at radius 2 is 1.87 bits per heavy atom. The average molecular weight is 519 g/mol. The van der Waals surface area contributed by atoms with Crippen molar-refractivity contribution in [3.05, 3.63) is 83.4 Å². The van der Waals surface area contributed by atoms with Crippen molar-refractivity contribution in [2.45, 2.75) is 57.7 Å². The van der Waals surface area contributed by atoms with Crippen LogP contribution in [0.25, 0.3) is 0 Å². The Morgan fingerprint density at radius 3 is 2.50 bits per heavy atom. The Labute approximate surface area is 222 Å². The Bertz CT molecular complexity index is 1240. The molecule has 3 heterocycles. The topological polar surface area (TPSA) is 125 Å². The lowest BCUT2D eigenvalue weighted by Crippen LogP contribution is -2.51. The first-order valence-electron chi connectivity index (χ1n) is 12.7. The van der Waals surface area contributed by atoms with E-state index < -0.39 is 5.41 Å². The molecule has 0 saturated carbocycles. The fraction of sp³-hybridized carbons (Fsp3) is 0.379. The summed E-state index contributed by atoms with van der Waals surface area (Å²) < 4.78 is 5.24. The largest absolute Gasteiger partial charge is 0.497 e. The summed E-state index contributed by atoms with van der Waals surface area (Å²) in [7, 11) is 1.64. The van der Waals surface area contributed by atoms with Crippen molar-refractivity contribution in [2.24, 2.45) is 5.41 Å². The highest BCUT2D eigenvalue weighted by Crippen LogP contribution is 2.52. The van der Waals surface area contributed by atoms with Crippen molar-refractivity contribution in [3.63, 3.8) is 0 Å². The predicted octanol–water partition coefficient (Wildman–Crippen LogP) is 3.28. The summed E-state index contributed by atoms with van der Waals surface area (Å²) in [5, 5.41) is 10.1. The summed E-state index contributed by atoms with van der Waals surface area (Å²) in [5.74, 6) is 0.874. The number of carbonyl (C=O) groups excluding carboxylic acids is 2. The molecule has 1 aromatic heterocycles. The second-order valence-corrected chi connectivity index (χ2v) is 9.86. The maximum Gasteiger partial charge on any atom is 0.290 e. The highest BCUT2D eigenvalue weighted by atomic mass is 16.5. The number of rotatable bonds is 8. The van der Waals surface area contributed by atoms with Crippen LogP contribution in [0.4, 0.5) is 0 Å². The molecule has 2 fully saturated rings. The number of H-pyrrole nitrogens is 1. The summed E-state index contributed by atoms with van der Waals surface area (Å²) >= 11 is 0. The molecule has 9 nitrogen and oxygen atoms in total. The van der Waals surface area contributed by atoms with Gasteiger partial charge in [-0.05, 0) is 55.9 Å². The minimum absolute atomic E-state index is 0.0260. The molecule has 2 bridgehead atoms. The number of hydrogen-bond acceptors (Lipinski definition) is 5. The fourth-order valence-corrected chi connectivity index (χ4v) is 5.94. The van der Waals surface area contributed by atoms with Gasteiger partial charge in [0.1, 0.15) is 5.75 Å². The van der Waals surface area contributed by atoms with E-state index in [0.29, 0.717) is 19.4 Å². The Morgan fingerprint density at radius 1 is 1.16 bits per heavy atom. The number of aromatic amines is 1. The number of imidazole rings is 1. The Kier molecular flexibility index (Phi) is 8.45. The molecule has 9 heteroatoms. The molecule has 3 N–H and O–H groups in total. The van der Waals surface area contributed by atoms with Crippen molar-refractivity contribution >= 4 is 18.3 Å². The van der Waals surface area contributed by atoms with Gasteiger partial charge in [0, 0.05) is 24.3 Å². The number of aryl methyl sites for hydroxylation is 1. The molecular formula is C29H34N4O5. The summed E-state index contributed by atoms with van der Waals surface area (Å²) in [4.78, 5) is 45.1. The van der Waals surface area contributed by atoms with Crippen LogP contribution in [0.2, 0.25) is 0 Å². The lowest BCUT2D eigenvalue weighted by Gasteiger charge is -2.36. The highest BCUT2D eigenvalue weighted by molar-refractivity contribution is 5.88. The van der Waals surface area contributed by atoms with Crippen LogP contribution >= 0.6 is 0 Å². The van der Waals surface area contributed by atoms with Crippen LogP contribution in [0.15, 0.2) is 60.9 Å². The van der Waals surface area contributed by atoms with Crippen molar-refractivity contribution in [2.75, 3.05) is 7.11 Å². The van der Waals surface area contributed by atoms with E-state index in [1.807, 2.05) is 54.3 Å². The number of nitrogens with one attached hydrogen (secondary N) is 2. The first-order valence-corrected chi connectivity index (χ1v) is 12.7.